The molecule has 1 amide bonds. The van der Waals surface area contributed by atoms with Crippen LogP contribution in [0, 0.1) is 0 Å². The van der Waals surface area contributed by atoms with E-state index in [1.807, 2.05) is 0 Å². The molecule has 0 bridgehead atoms. The highest BCUT2D eigenvalue weighted by Gasteiger charge is 2.25. The lowest BCUT2D eigenvalue weighted by molar-refractivity contribution is 0.0714. The highest BCUT2D eigenvalue weighted by Crippen LogP contribution is 2.18. The smallest absolute Gasteiger partial charge is 0.268 e. The summed E-state index contributed by atoms with van der Waals surface area (Å²) in [7, 11) is 0. The standard InChI is InChI=1S/C11H17N3O2/c12-7-5-9(13-6-7)11(16)14-8-3-1-2-4-10(8)15/h5-6,8,10,13,15H,1-4,12H2,(H,14,16)/t8-,10-/m0/s1. The van der Waals surface area contributed by atoms with Crippen LogP contribution in [0.5, 0.6) is 0 Å². The molecule has 16 heavy (non-hydrogen) atoms. The SMILES string of the molecule is Nc1c[nH]c(C(=O)N[C@H]2CCCC[C@@H]2O)c1. The number of H-pyrrole nitrogens is 1. The van der Waals surface area contributed by atoms with Crippen molar-refractivity contribution in [3.8, 4) is 0 Å². The van der Waals surface area contributed by atoms with Gasteiger partial charge in [-0.2, -0.15) is 0 Å². The molecule has 0 aliphatic heterocycles. The van der Waals surface area contributed by atoms with Gasteiger partial charge < -0.3 is 21.1 Å². The van der Waals surface area contributed by atoms with E-state index in [2.05, 4.69) is 10.3 Å². The molecule has 1 fully saturated rings. The van der Waals surface area contributed by atoms with Crippen LogP contribution >= 0.6 is 0 Å². The molecule has 2 atom stereocenters. The maximum Gasteiger partial charge on any atom is 0.268 e. The third kappa shape index (κ3) is 2.36. The molecular weight excluding hydrogens is 206 g/mol. The highest BCUT2D eigenvalue weighted by molar-refractivity contribution is 5.93. The minimum Gasteiger partial charge on any atom is -0.397 e. The van der Waals surface area contributed by atoms with Crippen LogP contribution in [0.3, 0.4) is 0 Å². The minimum atomic E-state index is -0.426. The summed E-state index contributed by atoms with van der Waals surface area (Å²) in [6.07, 6.45) is 4.83. The van der Waals surface area contributed by atoms with Gasteiger partial charge in [0, 0.05) is 11.9 Å². The molecule has 0 saturated heterocycles. The molecule has 1 aromatic heterocycles. The Bertz CT molecular complexity index is 375. The predicted molar refractivity (Wildman–Crippen MR) is 60.9 cm³/mol. The predicted octanol–water partition coefficient (Wildman–Crippen LogP) is 0.630. The summed E-state index contributed by atoms with van der Waals surface area (Å²) in [5, 5.41) is 12.5. The van der Waals surface area contributed by atoms with Crippen molar-refractivity contribution in [1.82, 2.24) is 10.3 Å². The Balaban J connectivity index is 1.96. The Morgan fingerprint density at radius 2 is 2.25 bits per heavy atom. The fourth-order valence-corrected chi connectivity index (χ4v) is 2.07. The van der Waals surface area contributed by atoms with E-state index in [1.165, 1.54) is 0 Å². The molecule has 5 heteroatoms. The number of aliphatic hydroxyl groups excluding tert-OH is 1. The van der Waals surface area contributed by atoms with E-state index in [1.54, 1.807) is 12.3 Å². The number of anilines is 1. The quantitative estimate of drug-likeness (QED) is 0.592. The fraction of sp³-hybridized carbons (Fsp3) is 0.545. The number of aromatic nitrogens is 1. The number of carbonyl (C=O) groups is 1. The van der Waals surface area contributed by atoms with Crippen LogP contribution in [-0.4, -0.2) is 28.1 Å². The zero-order valence-corrected chi connectivity index (χ0v) is 9.07. The average molecular weight is 223 g/mol. The number of hydrogen-bond acceptors (Lipinski definition) is 3. The normalized spacial score (nSPS) is 25.3. The van der Waals surface area contributed by atoms with Crippen molar-refractivity contribution in [1.29, 1.82) is 0 Å². The van der Waals surface area contributed by atoms with Crippen molar-refractivity contribution < 1.29 is 9.90 Å². The summed E-state index contributed by atoms with van der Waals surface area (Å²) in [5.41, 5.74) is 6.49. The van der Waals surface area contributed by atoms with Crippen molar-refractivity contribution in [2.45, 2.75) is 37.8 Å². The monoisotopic (exact) mass is 223 g/mol. The first-order chi connectivity index (χ1) is 7.66. The molecule has 0 spiro atoms. The second kappa shape index (κ2) is 4.57. The van der Waals surface area contributed by atoms with Gasteiger partial charge in [0.1, 0.15) is 5.69 Å². The second-order valence-electron chi connectivity index (χ2n) is 4.28. The highest BCUT2D eigenvalue weighted by atomic mass is 16.3. The van der Waals surface area contributed by atoms with Gasteiger partial charge in [0.2, 0.25) is 0 Å². The summed E-state index contributed by atoms with van der Waals surface area (Å²) in [6, 6.07) is 1.45. The maximum absolute atomic E-state index is 11.8. The van der Waals surface area contributed by atoms with Crippen molar-refractivity contribution in [2.75, 3.05) is 5.73 Å². The lowest BCUT2D eigenvalue weighted by atomic mass is 9.92. The molecule has 0 unspecified atom stereocenters. The topological polar surface area (TPSA) is 91.1 Å². The van der Waals surface area contributed by atoms with Crippen LogP contribution in [0.25, 0.3) is 0 Å². The van der Waals surface area contributed by atoms with E-state index < -0.39 is 6.10 Å². The third-order valence-electron chi connectivity index (χ3n) is 3.00. The second-order valence-corrected chi connectivity index (χ2v) is 4.28. The average Bonchev–Trinajstić information content (AvgIpc) is 2.68. The van der Waals surface area contributed by atoms with Crippen LogP contribution in [0.2, 0.25) is 0 Å². The molecule has 1 heterocycles. The zero-order chi connectivity index (χ0) is 11.5. The summed E-state index contributed by atoms with van der Waals surface area (Å²) >= 11 is 0. The van der Waals surface area contributed by atoms with E-state index in [-0.39, 0.29) is 11.9 Å². The lowest BCUT2D eigenvalue weighted by Crippen LogP contribution is -2.45. The number of carbonyl (C=O) groups excluding carboxylic acids is 1. The Hall–Kier alpha value is -1.49. The van der Waals surface area contributed by atoms with Gasteiger partial charge in [0.05, 0.1) is 12.1 Å². The molecule has 0 radical (unpaired) electrons. The molecule has 1 aliphatic carbocycles. The van der Waals surface area contributed by atoms with Crippen molar-refractivity contribution >= 4 is 11.6 Å². The first kappa shape index (κ1) is 11.0. The van der Waals surface area contributed by atoms with Crippen LogP contribution in [0.4, 0.5) is 5.69 Å². The van der Waals surface area contributed by atoms with Crippen LogP contribution < -0.4 is 11.1 Å². The largest absolute Gasteiger partial charge is 0.397 e. The van der Waals surface area contributed by atoms with E-state index in [0.717, 1.165) is 25.7 Å². The van der Waals surface area contributed by atoms with Gasteiger partial charge in [0.25, 0.3) is 5.91 Å². The van der Waals surface area contributed by atoms with Crippen molar-refractivity contribution in [3.63, 3.8) is 0 Å². The fourth-order valence-electron chi connectivity index (χ4n) is 2.07. The summed E-state index contributed by atoms with van der Waals surface area (Å²) in [5.74, 6) is -0.206. The molecule has 0 aromatic carbocycles. The van der Waals surface area contributed by atoms with Crippen molar-refractivity contribution in [3.05, 3.63) is 18.0 Å². The Morgan fingerprint density at radius 1 is 1.50 bits per heavy atom. The molecular formula is C11H17N3O2. The molecule has 5 nitrogen and oxygen atoms in total. The summed E-state index contributed by atoms with van der Waals surface area (Å²) < 4.78 is 0. The van der Waals surface area contributed by atoms with Crippen LogP contribution in [0.15, 0.2) is 12.3 Å². The maximum atomic E-state index is 11.8. The molecule has 1 aliphatic rings. The first-order valence-corrected chi connectivity index (χ1v) is 5.59. The van der Waals surface area contributed by atoms with Gasteiger partial charge in [-0.3, -0.25) is 4.79 Å². The number of hydrogen-bond donors (Lipinski definition) is 4. The van der Waals surface area contributed by atoms with Crippen LogP contribution in [0.1, 0.15) is 36.2 Å². The molecule has 5 N–H and O–H groups in total. The number of nitrogens with two attached hydrogens (primary N) is 1. The number of aliphatic hydroxyl groups is 1. The van der Waals surface area contributed by atoms with Gasteiger partial charge >= 0.3 is 0 Å². The van der Waals surface area contributed by atoms with Crippen molar-refractivity contribution in [2.24, 2.45) is 0 Å². The zero-order valence-electron chi connectivity index (χ0n) is 9.07. The lowest BCUT2D eigenvalue weighted by Gasteiger charge is -2.28. The van der Waals surface area contributed by atoms with E-state index in [0.29, 0.717) is 11.4 Å². The van der Waals surface area contributed by atoms with Crippen LogP contribution in [-0.2, 0) is 0 Å². The summed E-state index contributed by atoms with van der Waals surface area (Å²) in [4.78, 5) is 14.6. The van der Waals surface area contributed by atoms with E-state index >= 15 is 0 Å². The number of rotatable bonds is 2. The minimum absolute atomic E-state index is 0.134. The molecule has 2 rings (SSSR count). The third-order valence-corrected chi connectivity index (χ3v) is 3.00. The first-order valence-electron chi connectivity index (χ1n) is 5.59. The molecule has 1 aromatic rings. The number of nitrogens with one attached hydrogen (secondary N) is 2. The van der Waals surface area contributed by atoms with Gasteiger partial charge in [0.15, 0.2) is 0 Å². The van der Waals surface area contributed by atoms with E-state index in [4.69, 9.17) is 5.73 Å². The number of nitrogen functional groups attached to an aromatic ring is 1. The Labute approximate surface area is 94.0 Å². The van der Waals surface area contributed by atoms with E-state index in [9.17, 15) is 9.90 Å². The van der Waals surface area contributed by atoms with Gasteiger partial charge in [-0.05, 0) is 18.9 Å². The Morgan fingerprint density at radius 3 is 2.88 bits per heavy atom. The number of amides is 1. The van der Waals surface area contributed by atoms with Gasteiger partial charge in [-0.15, -0.1) is 0 Å². The van der Waals surface area contributed by atoms with Gasteiger partial charge in [-0.1, -0.05) is 12.8 Å². The molecule has 1 saturated carbocycles. The molecule has 88 valence electrons. The number of aromatic amines is 1. The Kier molecular flexibility index (Phi) is 3.14. The van der Waals surface area contributed by atoms with Gasteiger partial charge in [-0.25, -0.2) is 0 Å². The summed E-state index contributed by atoms with van der Waals surface area (Å²) in [6.45, 7) is 0.